The number of para-hydroxylation sites is 1. The van der Waals surface area contributed by atoms with Gasteiger partial charge in [0.25, 0.3) is 5.56 Å². The number of fused-ring (bicyclic) bond motifs is 1. The molecule has 0 radical (unpaired) electrons. The number of carbonyl (C=O) groups is 1. The number of ether oxygens (including phenoxy) is 1. The number of nitrogens with zero attached hydrogens (tertiary/aromatic N) is 3. The van der Waals surface area contributed by atoms with Gasteiger partial charge in [0.2, 0.25) is 0 Å². The van der Waals surface area contributed by atoms with E-state index in [4.69, 9.17) is 4.74 Å². The van der Waals surface area contributed by atoms with Crippen LogP contribution in [0.25, 0.3) is 10.9 Å². The zero-order chi connectivity index (χ0) is 23.2. The average molecular weight is 444 g/mol. The van der Waals surface area contributed by atoms with Gasteiger partial charge in [0, 0.05) is 20.1 Å². The second-order valence-corrected chi connectivity index (χ2v) is 7.87. The summed E-state index contributed by atoms with van der Waals surface area (Å²) in [5.74, 6) is 0.284. The fourth-order valence-corrected chi connectivity index (χ4v) is 3.73. The highest BCUT2D eigenvalue weighted by Gasteiger charge is 2.13. The largest absolute Gasteiger partial charge is 0.486 e. The molecule has 0 aliphatic heterocycles. The summed E-state index contributed by atoms with van der Waals surface area (Å²) < 4.78 is 7.44. The quantitative estimate of drug-likeness (QED) is 0.426. The Balaban J connectivity index is 1.48. The highest BCUT2D eigenvalue weighted by molar-refractivity contribution is 5.77. The fourth-order valence-electron chi connectivity index (χ4n) is 3.73. The third-order valence-electron chi connectivity index (χ3n) is 5.36. The molecule has 1 N–H and O–H groups in total. The zero-order valence-electron chi connectivity index (χ0n) is 18.3. The molecule has 0 bridgehead atoms. The van der Waals surface area contributed by atoms with E-state index in [1.807, 2.05) is 77.7 Å². The van der Waals surface area contributed by atoms with E-state index in [2.05, 4.69) is 4.98 Å². The van der Waals surface area contributed by atoms with Gasteiger partial charge in [0.1, 0.15) is 18.2 Å². The molecule has 0 amide bonds. The van der Waals surface area contributed by atoms with Crippen molar-refractivity contribution in [1.82, 2.24) is 14.5 Å². The SMILES string of the molecule is Cn1c(COc2cccc(CN(CC(=O)O)Cc3ccccc3)c2)nc2ccccc2c1=O. The molecule has 0 aliphatic rings. The highest BCUT2D eigenvalue weighted by Crippen LogP contribution is 2.18. The van der Waals surface area contributed by atoms with Gasteiger partial charge in [0.05, 0.1) is 17.4 Å². The highest BCUT2D eigenvalue weighted by atomic mass is 16.5. The van der Waals surface area contributed by atoms with Crippen LogP contribution in [-0.4, -0.2) is 32.1 Å². The molecule has 7 nitrogen and oxygen atoms in total. The van der Waals surface area contributed by atoms with Crippen molar-refractivity contribution in [2.75, 3.05) is 6.54 Å². The third-order valence-corrected chi connectivity index (χ3v) is 5.36. The van der Waals surface area contributed by atoms with Gasteiger partial charge < -0.3 is 9.84 Å². The summed E-state index contributed by atoms with van der Waals surface area (Å²) in [6, 6.07) is 24.6. The number of carboxylic acids is 1. The molecule has 1 heterocycles. The van der Waals surface area contributed by atoms with Crippen LogP contribution < -0.4 is 10.3 Å². The van der Waals surface area contributed by atoms with Crippen molar-refractivity contribution in [2.45, 2.75) is 19.7 Å². The number of rotatable bonds is 9. The summed E-state index contributed by atoms with van der Waals surface area (Å²) in [4.78, 5) is 30.4. The number of aliphatic carboxylic acids is 1. The number of carboxylic acid groups (broad SMARTS) is 1. The summed E-state index contributed by atoms with van der Waals surface area (Å²) >= 11 is 0. The first kappa shape index (κ1) is 22.2. The van der Waals surface area contributed by atoms with Crippen molar-refractivity contribution in [3.8, 4) is 5.75 Å². The Bertz CT molecular complexity index is 1320. The van der Waals surface area contributed by atoms with Gasteiger partial charge in [0.15, 0.2) is 0 Å². The van der Waals surface area contributed by atoms with E-state index in [1.165, 1.54) is 4.57 Å². The number of hydrogen-bond acceptors (Lipinski definition) is 5. The first-order chi connectivity index (χ1) is 16.0. The van der Waals surface area contributed by atoms with Gasteiger partial charge in [-0.3, -0.25) is 19.1 Å². The van der Waals surface area contributed by atoms with E-state index in [-0.39, 0.29) is 18.7 Å². The van der Waals surface area contributed by atoms with Gasteiger partial charge in [-0.2, -0.15) is 0 Å². The summed E-state index contributed by atoms with van der Waals surface area (Å²) in [7, 11) is 1.68. The number of hydrogen-bond donors (Lipinski definition) is 1. The van der Waals surface area contributed by atoms with E-state index >= 15 is 0 Å². The molecule has 0 aliphatic carbocycles. The molecule has 3 aromatic carbocycles. The fraction of sp³-hybridized carbons (Fsp3) is 0.192. The monoisotopic (exact) mass is 443 g/mol. The predicted molar refractivity (Wildman–Crippen MR) is 126 cm³/mol. The third kappa shape index (κ3) is 5.64. The molecule has 0 saturated carbocycles. The van der Waals surface area contributed by atoms with Crippen LogP contribution in [0.5, 0.6) is 5.75 Å². The van der Waals surface area contributed by atoms with Gasteiger partial charge in [-0.05, 0) is 35.4 Å². The maximum Gasteiger partial charge on any atom is 0.317 e. The molecule has 7 heteroatoms. The van der Waals surface area contributed by atoms with Crippen LogP contribution in [0, 0.1) is 0 Å². The van der Waals surface area contributed by atoms with E-state index in [0.29, 0.717) is 35.6 Å². The Hall–Kier alpha value is -3.97. The van der Waals surface area contributed by atoms with E-state index in [9.17, 15) is 14.7 Å². The molecule has 4 aromatic rings. The first-order valence-electron chi connectivity index (χ1n) is 10.6. The average Bonchev–Trinajstić information content (AvgIpc) is 2.81. The molecule has 0 unspecified atom stereocenters. The lowest BCUT2D eigenvalue weighted by Crippen LogP contribution is -2.29. The molecule has 168 valence electrons. The van der Waals surface area contributed by atoms with E-state index in [0.717, 1.165) is 11.1 Å². The number of benzene rings is 3. The van der Waals surface area contributed by atoms with Gasteiger partial charge in [-0.25, -0.2) is 4.98 Å². The second kappa shape index (κ2) is 10.1. The zero-order valence-corrected chi connectivity index (χ0v) is 18.3. The Labute approximate surface area is 191 Å². The molecule has 4 rings (SSSR count). The molecule has 33 heavy (non-hydrogen) atoms. The van der Waals surface area contributed by atoms with E-state index in [1.54, 1.807) is 13.1 Å². The van der Waals surface area contributed by atoms with Crippen molar-refractivity contribution < 1.29 is 14.6 Å². The van der Waals surface area contributed by atoms with Crippen molar-refractivity contribution in [3.05, 3.63) is 106 Å². The summed E-state index contributed by atoms with van der Waals surface area (Å²) in [5, 5.41) is 9.90. The van der Waals surface area contributed by atoms with Gasteiger partial charge >= 0.3 is 5.97 Å². The maximum absolute atomic E-state index is 12.6. The molecule has 0 saturated heterocycles. The van der Waals surface area contributed by atoms with Crippen LogP contribution in [0.3, 0.4) is 0 Å². The Morgan fingerprint density at radius 3 is 2.45 bits per heavy atom. The number of aromatic nitrogens is 2. The lowest BCUT2D eigenvalue weighted by molar-refractivity contribution is -0.138. The Morgan fingerprint density at radius 1 is 0.970 bits per heavy atom. The van der Waals surface area contributed by atoms with Crippen LogP contribution in [-0.2, 0) is 31.5 Å². The minimum atomic E-state index is -0.873. The van der Waals surface area contributed by atoms with Crippen LogP contribution in [0.15, 0.2) is 83.7 Å². The lowest BCUT2D eigenvalue weighted by Gasteiger charge is -2.21. The molecule has 0 fully saturated rings. The molecular weight excluding hydrogens is 418 g/mol. The maximum atomic E-state index is 12.6. The van der Waals surface area contributed by atoms with Gasteiger partial charge in [-0.15, -0.1) is 0 Å². The summed E-state index contributed by atoms with van der Waals surface area (Å²) in [6.07, 6.45) is 0. The van der Waals surface area contributed by atoms with Gasteiger partial charge in [-0.1, -0.05) is 54.6 Å². The summed E-state index contributed by atoms with van der Waals surface area (Å²) in [5.41, 5.74) is 2.51. The normalized spacial score (nSPS) is 11.1. The van der Waals surface area contributed by atoms with Crippen molar-refractivity contribution in [2.24, 2.45) is 7.05 Å². The van der Waals surface area contributed by atoms with Crippen LogP contribution in [0.2, 0.25) is 0 Å². The molecule has 1 aromatic heterocycles. The lowest BCUT2D eigenvalue weighted by atomic mass is 10.1. The Kier molecular flexibility index (Phi) is 6.80. The first-order valence-corrected chi connectivity index (χ1v) is 10.6. The second-order valence-electron chi connectivity index (χ2n) is 7.87. The van der Waals surface area contributed by atoms with Crippen molar-refractivity contribution in [3.63, 3.8) is 0 Å². The van der Waals surface area contributed by atoms with Crippen LogP contribution in [0.1, 0.15) is 17.0 Å². The molecule has 0 atom stereocenters. The van der Waals surface area contributed by atoms with Crippen LogP contribution >= 0.6 is 0 Å². The minimum absolute atomic E-state index is 0.0664. The summed E-state index contributed by atoms with van der Waals surface area (Å²) in [6.45, 7) is 1.07. The van der Waals surface area contributed by atoms with Crippen molar-refractivity contribution in [1.29, 1.82) is 0 Å². The van der Waals surface area contributed by atoms with Crippen LogP contribution in [0.4, 0.5) is 0 Å². The predicted octanol–water partition coefficient (Wildman–Crippen LogP) is 3.60. The van der Waals surface area contributed by atoms with E-state index < -0.39 is 5.97 Å². The smallest absolute Gasteiger partial charge is 0.317 e. The van der Waals surface area contributed by atoms with Crippen molar-refractivity contribution >= 4 is 16.9 Å². The topological polar surface area (TPSA) is 84.7 Å². The molecule has 0 spiro atoms. The Morgan fingerprint density at radius 2 is 1.67 bits per heavy atom. The standard InChI is InChI=1S/C26H25N3O4/c1-28-24(27-23-13-6-5-12-22(23)26(28)32)18-33-21-11-7-10-20(14-21)16-29(17-25(30)31)15-19-8-3-2-4-9-19/h2-14H,15-18H2,1H3,(H,30,31). The minimum Gasteiger partial charge on any atom is -0.486 e. The molecular formula is C26H25N3O4.